The molecule has 2 N–H and O–H groups in total. The van der Waals surface area contributed by atoms with Crippen LogP contribution in [-0.2, 0) is 9.59 Å². The summed E-state index contributed by atoms with van der Waals surface area (Å²) in [5.41, 5.74) is 0.567. The molecule has 1 fully saturated rings. The number of carbonyl (C=O) groups excluding carboxylic acids is 1. The third kappa shape index (κ3) is 3.59. The van der Waals surface area contributed by atoms with Crippen molar-refractivity contribution in [3.63, 3.8) is 0 Å². The first-order valence-electron chi connectivity index (χ1n) is 7.35. The van der Waals surface area contributed by atoms with Crippen LogP contribution >= 0.6 is 0 Å². The maximum atomic E-state index is 13.0. The Morgan fingerprint density at radius 3 is 2.65 bits per heavy atom. The molecule has 1 amide bonds. The highest BCUT2D eigenvalue weighted by Crippen LogP contribution is 2.48. The molecule has 3 rings (SSSR count). The molecule has 2 aromatic rings. The van der Waals surface area contributed by atoms with Gasteiger partial charge in [-0.2, -0.15) is 0 Å². The van der Waals surface area contributed by atoms with E-state index < -0.39 is 17.8 Å². The van der Waals surface area contributed by atoms with Gasteiger partial charge in [-0.15, -0.1) is 0 Å². The number of nitrogens with one attached hydrogen (secondary N) is 1. The molecule has 1 heterocycles. The Hall–Kier alpha value is -2.63. The predicted octanol–water partition coefficient (Wildman–Crippen LogP) is 2.85. The quantitative estimate of drug-likeness (QED) is 0.858. The molecule has 1 aliphatic rings. The van der Waals surface area contributed by atoms with Gasteiger partial charge >= 0.3 is 5.97 Å². The molecular weight excluding hydrogens is 301 g/mol. The number of hydrogen-bond donors (Lipinski definition) is 2. The van der Waals surface area contributed by atoms with Gasteiger partial charge in [0.2, 0.25) is 5.91 Å². The van der Waals surface area contributed by atoms with Gasteiger partial charge in [-0.05, 0) is 36.2 Å². The Morgan fingerprint density at radius 2 is 2.04 bits per heavy atom. The van der Waals surface area contributed by atoms with Gasteiger partial charge in [0.05, 0.1) is 18.7 Å². The fourth-order valence-corrected chi connectivity index (χ4v) is 2.70. The number of furan rings is 1. The van der Waals surface area contributed by atoms with Crippen molar-refractivity contribution in [1.29, 1.82) is 0 Å². The summed E-state index contributed by atoms with van der Waals surface area (Å²) in [6.45, 7) is 0. The highest BCUT2D eigenvalue weighted by Gasteiger charge is 2.46. The Bertz CT molecular complexity index is 696. The average Bonchev–Trinajstić information content (AvgIpc) is 3.13. The molecule has 1 aromatic heterocycles. The van der Waals surface area contributed by atoms with Crippen molar-refractivity contribution in [2.45, 2.75) is 24.8 Å². The number of halogens is 1. The first kappa shape index (κ1) is 15.3. The molecule has 0 aliphatic heterocycles. The topological polar surface area (TPSA) is 79.5 Å². The van der Waals surface area contributed by atoms with E-state index in [1.54, 1.807) is 12.3 Å². The summed E-state index contributed by atoms with van der Waals surface area (Å²) < 4.78 is 18.3. The van der Waals surface area contributed by atoms with E-state index >= 15 is 0 Å². The minimum atomic E-state index is -1.03. The molecule has 0 saturated heterocycles. The zero-order chi connectivity index (χ0) is 16.4. The second kappa shape index (κ2) is 6.24. The fourth-order valence-electron chi connectivity index (χ4n) is 2.70. The van der Waals surface area contributed by atoms with E-state index in [1.165, 1.54) is 24.3 Å². The fraction of sp³-hybridized carbons (Fsp3) is 0.294. The van der Waals surface area contributed by atoms with Gasteiger partial charge in [-0.1, -0.05) is 12.1 Å². The molecule has 6 heteroatoms. The number of rotatable bonds is 6. The van der Waals surface area contributed by atoms with Gasteiger partial charge in [-0.3, -0.25) is 9.59 Å². The zero-order valence-corrected chi connectivity index (χ0v) is 12.2. The van der Waals surface area contributed by atoms with Crippen LogP contribution in [0.1, 0.15) is 36.1 Å². The van der Waals surface area contributed by atoms with Crippen LogP contribution in [0.3, 0.4) is 0 Å². The van der Waals surface area contributed by atoms with Crippen molar-refractivity contribution >= 4 is 11.9 Å². The normalized spacial score (nSPS) is 20.7. The molecule has 3 atom stereocenters. The van der Waals surface area contributed by atoms with Crippen molar-refractivity contribution in [1.82, 2.24) is 5.32 Å². The molecule has 1 aliphatic carbocycles. The lowest BCUT2D eigenvalue weighted by molar-refractivity contribution is -0.137. The van der Waals surface area contributed by atoms with Crippen LogP contribution in [0.15, 0.2) is 47.1 Å². The van der Waals surface area contributed by atoms with Crippen molar-refractivity contribution in [3.05, 3.63) is 59.8 Å². The first-order chi connectivity index (χ1) is 11.0. The monoisotopic (exact) mass is 317 g/mol. The van der Waals surface area contributed by atoms with Gasteiger partial charge in [0.25, 0.3) is 0 Å². The molecule has 0 spiro atoms. The summed E-state index contributed by atoms with van der Waals surface area (Å²) in [6, 6.07) is 8.39. The average molecular weight is 317 g/mol. The van der Waals surface area contributed by atoms with Gasteiger partial charge in [0.15, 0.2) is 0 Å². The maximum Gasteiger partial charge on any atom is 0.305 e. The highest BCUT2D eigenvalue weighted by molar-refractivity contribution is 5.83. The lowest BCUT2D eigenvalue weighted by Gasteiger charge is -2.17. The van der Waals surface area contributed by atoms with Crippen molar-refractivity contribution in [2.24, 2.45) is 5.92 Å². The molecule has 0 radical (unpaired) electrons. The third-order valence-electron chi connectivity index (χ3n) is 4.00. The molecule has 0 bridgehead atoms. The number of carbonyl (C=O) groups is 2. The van der Waals surface area contributed by atoms with E-state index in [-0.39, 0.29) is 24.2 Å². The van der Waals surface area contributed by atoms with Crippen LogP contribution in [-0.4, -0.2) is 17.0 Å². The van der Waals surface area contributed by atoms with Gasteiger partial charge < -0.3 is 14.8 Å². The second-order valence-electron chi connectivity index (χ2n) is 5.67. The minimum absolute atomic E-state index is 0.0451. The minimum Gasteiger partial charge on any atom is -0.481 e. The van der Waals surface area contributed by atoms with E-state index in [1.807, 2.05) is 6.07 Å². The maximum absolute atomic E-state index is 13.0. The molecule has 23 heavy (non-hydrogen) atoms. The van der Waals surface area contributed by atoms with Gasteiger partial charge in [-0.25, -0.2) is 4.39 Å². The smallest absolute Gasteiger partial charge is 0.305 e. The van der Waals surface area contributed by atoms with Crippen molar-refractivity contribution in [2.75, 3.05) is 0 Å². The predicted molar refractivity (Wildman–Crippen MR) is 79.1 cm³/mol. The van der Waals surface area contributed by atoms with Crippen LogP contribution in [0.4, 0.5) is 4.39 Å². The van der Waals surface area contributed by atoms with Crippen LogP contribution in [0.2, 0.25) is 0 Å². The lowest BCUT2D eigenvalue weighted by Crippen LogP contribution is -2.31. The Morgan fingerprint density at radius 1 is 1.30 bits per heavy atom. The van der Waals surface area contributed by atoms with Crippen LogP contribution in [0.25, 0.3) is 0 Å². The number of hydrogen-bond acceptors (Lipinski definition) is 3. The van der Waals surface area contributed by atoms with Crippen LogP contribution < -0.4 is 5.32 Å². The molecule has 120 valence electrons. The molecule has 1 aromatic carbocycles. The summed E-state index contributed by atoms with van der Waals surface area (Å²) in [5, 5.41) is 11.8. The zero-order valence-electron chi connectivity index (χ0n) is 12.2. The molecule has 1 saturated carbocycles. The Kier molecular flexibility index (Phi) is 4.14. The second-order valence-corrected chi connectivity index (χ2v) is 5.67. The molecule has 3 unspecified atom stereocenters. The number of amides is 1. The van der Waals surface area contributed by atoms with Gasteiger partial charge in [0.1, 0.15) is 11.6 Å². The number of carboxylic acids is 1. The Balaban J connectivity index is 1.68. The molecule has 5 nitrogen and oxygen atoms in total. The third-order valence-corrected chi connectivity index (χ3v) is 4.00. The summed E-state index contributed by atoms with van der Waals surface area (Å²) >= 11 is 0. The van der Waals surface area contributed by atoms with E-state index in [2.05, 4.69) is 5.32 Å². The van der Waals surface area contributed by atoms with E-state index in [9.17, 15) is 14.0 Å². The van der Waals surface area contributed by atoms with E-state index in [0.29, 0.717) is 12.0 Å². The van der Waals surface area contributed by atoms with E-state index in [4.69, 9.17) is 9.52 Å². The highest BCUT2D eigenvalue weighted by atomic mass is 19.1. The van der Waals surface area contributed by atoms with Crippen LogP contribution in [0.5, 0.6) is 0 Å². The summed E-state index contributed by atoms with van der Waals surface area (Å²) in [5.74, 6) is -1.04. The van der Waals surface area contributed by atoms with E-state index in [0.717, 1.165) is 5.76 Å². The molecular formula is C17H16FNO4. The first-order valence-corrected chi connectivity index (χ1v) is 7.35. The summed E-state index contributed by atoms with van der Waals surface area (Å²) in [7, 11) is 0. The summed E-state index contributed by atoms with van der Waals surface area (Å²) in [4.78, 5) is 23.4. The summed E-state index contributed by atoms with van der Waals surface area (Å²) in [6.07, 6.45) is 1.99. The standard InChI is InChI=1S/C17H16FNO4/c18-11-5-3-10(4-6-11)14(9-16(20)21)19-17(22)13-8-12(13)15-2-1-7-23-15/h1-7,12-14H,8-9H2,(H,19,22)(H,20,21). The number of carboxylic acid groups (broad SMARTS) is 1. The SMILES string of the molecule is O=C(O)CC(NC(=O)C1CC1c1ccco1)c1ccc(F)cc1. The Labute approximate surface area is 132 Å². The van der Waals surface area contributed by atoms with Crippen molar-refractivity contribution in [3.8, 4) is 0 Å². The van der Waals surface area contributed by atoms with Crippen LogP contribution in [0, 0.1) is 11.7 Å². The number of benzene rings is 1. The van der Waals surface area contributed by atoms with Crippen molar-refractivity contribution < 1.29 is 23.5 Å². The van der Waals surface area contributed by atoms with Gasteiger partial charge in [0, 0.05) is 11.8 Å². The lowest BCUT2D eigenvalue weighted by atomic mass is 10.0. The largest absolute Gasteiger partial charge is 0.481 e. The number of aliphatic carboxylic acids is 1.